The number of hydrogen-bond donors (Lipinski definition) is 3. The molecule has 0 amide bonds. The van der Waals surface area contributed by atoms with Crippen molar-refractivity contribution in [3.63, 3.8) is 0 Å². The zero-order chi connectivity index (χ0) is 14.1. The van der Waals surface area contributed by atoms with Crippen molar-refractivity contribution < 1.29 is 0 Å². The van der Waals surface area contributed by atoms with Gasteiger partial charge in [-0.1, -0.05) is 18.2 Å². The summed E-state index contributed by atoms with van der Waals surface area (Å²) in [6.07, 6.45) is 0. The fourth-order valence-corrected chi connectivity index (χ4v) is 2.40. The topological polar surface area (TPSA) is 66.7 Å². The highest BCUT2D eigenvalue weighted by Crippen LogP contribution is 2.23. The van der Waals surface area contributed by atoms with E-state index in [9.17, 15) is 0 Å². The fourth-order valence-electron chi connectivity index (χ4n) is 2.40. The number of imidazole rings is 1. The highest BCUT2D eigenvalue weighted by Gasteiger charge is 2.10. The van der Waals surface area contributed by atoms with Crippen molar-refractivity contribution in [3.05, 3.63) is 59.4 Å². The van der Waals surface area contributed by atoms with Gasteiger partial charge in [0, 0.05) is 12.7 Å². The van der Waals surface area contributed by atoms with Gasteiger partial charge in [-0.3, -0.25) is 0 Å². The third-order valence-electron chi connectivity index (χ3n) is 3.54. The number of nitrogens with two attached hydrogens (primary N) is 1. The predicted molar refractivity (Wildman–Crippen MR) is 82.8 cm³/mol. The number of aromatic amines is 1. The van der Waals surface area contributed by atoms with Crippen LogP contribution >= 0.6 is 0 Å². The first-order valence-corrected chi connectivity index (χ1v) is 6.67. The Morgan fingerprint density at radius 1 is 1.10 bits per heavy atom. The lowest BCUT2D eigenvalue weighted by Gasteiger charge is -2.13. The largest absolute Gasteiger partial charge is 0.388 e. The molecule has 1 heterocycles. The number of anilines is 1. The molecule has 1 unspecified atom stereocenters. The quantitative estimate of drug-likeness (QED) is 0.682. The van der Waals surface area contributed by atoms with Gasteiger partial charge in [0.2, 0.25) is 0 Å². The maximum Gasteiger partial charge on any atom is 0.104 e. The third-order valence-corrected chi connectivity index (χ3v) is 3.54. The zero-order valence-corrected chi connectivity index (χ0v) is 11.6. The first-order chi connectivity index (χ1) is 9.67. The van der Waals surface area contributed by atoms with E-state index in [1.807, 2.05) is 38.2 Å². The second kappa shape index (κ2) is 4.98. The Kier molecular flexibility index (Phi) is 3.16. The van der Waals surface area contributed by atoms with E-state index in [2.05, 4.69) is 33.5 Å². The Bertz CT molecular complexity index is 728. The molecule has 0 fully saturated rings. The van der Waals surface area contributed by atoms with E-state index in [1.54, 1.807) is 0 Å². The first-order valence-electron chi connectivity index (χ1n) is 6.67. The molecule has 102 valence electrons. The number of nitrogens with one attached hydrogen (secondary N) is 2. The van der Waals surface area contributed by atoms with Gasteiger partial charge in [-0.25, -0.2) is 4.98 Å². The van der Waals surface area contributed by atoms with Gasteiger partial charge in [0.05, 0.1) is 17.1 Å². The highest BCUT2D eigenvalue weighted by atomic mass is 14.9. The lowest BCUT2D eigenvalue weighted by molar-refractivity contribution is 0.873. The Hall–Kier alpha value is -2.33. The van der Waals surface area contributed by atoms with Gasteiger partial charge in [0.25, 0.3) is 0 Å². The number of fused-ring (bicyclic) bond motifs is 1. The lowest BCUT2D eigenvalue weighted by atomic mass is 9.99. The Morgan fingerprint density at radius 2 is 1.80 bits per heavy atom. The van der Waals surface area contributed by atoms with Crippen LogP contribution in [0.5, 0.6) is 0 Å². The SMILES string of the molecule is CNc1ccc(C(N)c2ccc3nc(C)[nH]c3c2)cc1. The number of benzene rings is 2. The summed E-state index contributed by atoms with van der Waals surface area (Å²) in [5.74, 6) is 0.920. The normalized spacial score (nSPS) is 12.6. The van der Waals surface area contributed by atoms with Crippen LogP contribution in [0.3, 0.4) is 0 Å². The number of nitrogens with zero attached hydrogens (tertiary/aromatic N) is 1. The van der Waals surface area contributed by atoms with E-state index in [-0.39, 0.29) is 6.04 Å². The average molecular weight is 266 g/mol. The standard InChI is InChI=1S/C16H18N4/c1-10-19-14-8-5-12(9-15(14)20-10)16(17)11-3-6-13(18-2)7-4-11/h3-9,16,18H,17H2,1-2H3,(H,19,20). The van der Waals surface area contributed by atoms with Gasteiger partial charge >= 0.3 is 0 Å². The molecule has 3 aromatic rings. The van der Waals surface area contributed by atoms with Crippen LogP contribution in [-0.2, 0) is 0 Å². The lowest BCUT2D eigenvalue weighted by Crippen LogP contribution is -2.11. The van der Waals surface area contributed by atoms with Crippen molar-refractivity contribution in [1.29, 1.82) is 0 Å². The minimum Gasteiger partial charge on any atom is -0.388 e. The molecule has 0 aliphatic heterocycles. The summed E-state index contributed by atoms with van der Waals surface area (Å²) in [6.45, 7) is 1.95. The molecular weight excluding hydrogens is 248 g/mol. The highest BCUT2D eigenvalue weighted by molar-refractivity contribution is 5.76. The van der Waals surface area contributed by atoms with Crippen LogP contribution in [0.1, 0.15) is 23.0 Å². The molecule has 4 heteroatoms. The predicted octanol–water partition coefficient (Wildman–Crippen LogP) is 2.96. The molecule has 0 bridgehead atoms. The Labute approximate surface area is 118 Å². The molecule has 0 aliphatic carbocycles. The van der Waals surface area contributed by atoms with Gasteiger partial charge in [0.15, 0.2) is 0 Å². The molecule has 1 atom stereocenters. The number of aryl methyl sites for hydroxylation is 1. The van der Waals surface area contributed by atoms with E-state index in [0.29, 0.717) is 0 Å². The molecule has 4 nitrogen and oxygen atoms in total. The zero-order valence-electron chi connectivity index (χ0n) is 11.6. The molecule has 0 saturated carbocycles. The minimum atomic E-state index is -0.131. The summed E-state index contributed by atoms with van der Waals surface area (Å²) < 4.78 is 0. The fraction of sp³-hybridized carbons (Fsp3) is 0.188. The second-order valence-electron chi connectivity index (χ2n) is 4.95. The number of aromatic nitrogens is 2. The summed E-state index contributed by atoms with van der Waals surface area (Å²) >= 11 is 0. The van der Waals surface area contributed by atoms with Crippen LogP contribution in [0.15, 0.2) is 42.5 Å². The molecule has 0 saturated heterocycles. The smallest absolute Gasteiger partial charge is 0.104 e. The van der Waals surface area contributed by atoms with Crippen LogP contribution in [0.25, 0.3) is 11.0 Å². The molecule has 2 aromatic carbocycles. The van der Waals surface area contributed by atoms with E-state index >= 15 is 0 Å². The molecule has 1 aromatic heterocycles. The van der Waals surface area contributed by atoms with Crippen LogP contribution < -0.4 is 11.1 Å². The van der Waals surface area contributed by atoms with E-state index in [1.165, 1.54) is 0 Å². The van der Waals surface area contributed by atoms with Crippen LogP contribution in [0.2, 0.25) is 0 Å². The van der Waals surface area contributed by atoms with Gasteiger partial charge < -0.3 is 16.0 Å². The van der Waals surface area contributed by atoms with Crippen molar-refractivity contribution in [1.82, 2.24) is 9.97 Å². The average Bonchev–Trinajstić information content (AvgIpc) is 2.85. The summed E-state index contributed by atoms with van der Waals surface area (Å²) in [5, 5.41) is 3.11. The van der Waals surface area contributed by atoms with Crippen molar-refractivity contribution in [3.8, 4) is 0 Å². The number of H-pyrrole nitrogens is 1. The van der Waals surface area contributed by atoms with Gasteiger partial charge in [-0.15, -0.1) is 0 Å². The van der Waals surface area contributed by atoms with Crippen LogP contribution in [0.4, 0.5) is 5.69 Å². The van der Waals surface area contributed by atoms with Gasteiger partial charge in [-0.05, 0) is 42.3 Å². The molecule has 20 heavy (non-hydrogen) atoms. The monoisotopic (exact) mass is 266 g/mol. The molecule has 0 radical (unpaired) electrons. The summed E-state index contributed by atoms with van der Waals surface area (Å²) in [6, 6.07) is 14.2. The van der Waals surface area contributed by atoms with Crippen molar-refractivity contribution in [2.45, 2.75) is 13.0 Å². The van der Waals surface area contributed by atoms with Crippen LogP contribution in [0, 0.1) is 6.92 Å². The molecule has 3 rings (SSSR count). The molecular formula is C16H18N4. The second-order valence-corrected chi connectivity index (χ2v) is 4.95. The van der Waals surface area contributed by atoms with Crippen molar-refractivity contribution in [2.24, 2.45) is 5.73 Å². The first kappa shape index (κ1) is 12.7. The molecule has 0 aliphatic rings. The molecule has 0 spiro atoms. The van der Waals surface area contributed by atoms with Gasteiger partial charge in [-0.2, -0.15) is 0 Å². The Morgan fingerprint density at radius 3 is 2.50 bits per heavy atom. The van der Waals surface area contributed by atoms with E-state index < -0.39 is 0 Å². The molecule has 4 N–H and O–H groups in total. The van der Waals surface area contributed by atoms with E-state index in [0.717, 1.165) is 33.7 Å². The summed E-state index contributed by atoms with van der Waals surface area (Å²) in [5.41, 5.74) is 11.6. The van der Waals surface area contributed by atoms with Crippen LogP contribution in [-0.4, -0.2) is 17.0 Å². The van der Waals surface area contributed by atoms with Gasteiger partial charge in [0.1, 0.15) is 5.82 Å². The minimum absolute atomic E-state index is 0.131. The Balaban J connectivity index is 1.95. The van der Waals surface area contributed by atoms with Crippen molar-refractivity contribution in [2.75, 3.05) is 12.4 Å². The third kappa shape index (κ3) is 2.26. The van der Waals surface area contributed by atoms with E-state index in [4.69, 9.17) is 5.73 Å². The van der Waals surface area contributed by atoms with Crippen molar-refractivity contribution >= 4 is 16.7 Å². The summed E-state index contributed by atoms with van der Waals surface area (Å²) in [4.78, 5) is 7.65. The number of rotatable bonds is 3. The summed E-state index contributed by atoms with van der Waals surface area (Å²) in [7, 11) is 1.91. The maximum absolute atomic E-state index is 6.35. The maximum atomic E-state index is 6.35. The number of hydrogen-bond acceptors (Lipinski definition) is 3.